The quantitative estimate of drug-likeness (QED) is 0.139. The molecule has 6 rings (SSSR count). The molecule has 0 atom stereocenters. The van der Waals surface area contributed by atoms with Gasteiger partial charge >= 0.3 is 6.09 Å². The van der Waals surface area contributed by atoms with Gasteiger partial charge in [0.1, 0.15) is 13.2 Å². The number of nitrogens with zero attached hydrogens (tertiary/aromatic N) is 6. The minimum atomic E-state index is -0.867. The predicted octanol–water partition coefficient (Wildman–Crippen LogP) is 4.36. The fourth-order valence-electron chi connectivity index (χ4n) is 4.60. The fourth-order valence-corrected chi connectivity index (χ4v) is 4.60. The number of carbonyl (C=O) groups is 3. The first kappa shape index (κ1) is 28.0. The van der Waals surface area contributed by atoms with Crippen molar-refractivity contribution in [2.24, 2.45) is 0 Å². The second-order valence-electron chi connectivity index (χ2n) is 9.67. The third kappa shape index (κ3) is 5.76. The summed E-state index contributed by atoms with van der Waals surface area (Å²) in [4.78, 5) is 63.0. The fraction of sp³-hybridized carbons (Fsp3) is 0.133. The van der Waals surface area contributed by atoms with Crippen LogP contribution in [0.3, 0.4) is 0 Å². The normalized spacial score (nSPS) is 12.3. The highest BCUT2D eigenvalue weighted by Crippen LogP contribution is 2.26. The number of non-ortho nitro benzene ring substituents is 1. The largest absolute Gasteiger partial charge is 0.471 e. The molecule has 0 unspecified atom stereocenters. The van der Waals surface area contributed by atoms with Crippen LogP contribution < -0.4 is 10.1 Å². The van der Waals surface area contributed by atoms with E-state index >= 15 is 0 Å². The molecule has 1 N–H and O–H groups in total. The minimum Gasteiger partial charge on any atom is -0.471 e. The van der Waals surface area contributed by atoms with Gasteiger partial charge < -0.3 is 14.0 Å². The summed E-state index contributed by atoms with van der Waals surface area (Å²) in [6.07, 6.45) is 0.623. The van der Waals surface area contributed by atoms with E-state index in [1.165, 1.54) is 35.5 Å². The number of hydrogen-bond acceptors (Lipinski definition) is 10. The van der Waals surface area contributed by atoms with Gasteiger partial charge in [-0.1, -0.05) is 42.5 Å². The third-order valence-corrected chi connectivity index (χ3v) is 6.82. The first-order valence-corrected chi connectivity index (χ1v) is 13.4. The van der Waals surface area contributed by atoms with Gasteiger partial charge in [-0.25, -0.2) is 9.78 Å². The van der Waals surface area contributed by atoms with Crippen LogP contribution in [0.25, 0.3) is 11.2 Å². The molecule has 2 aromatic heterocycles. The number of nitro benzene ring substituents is 1. The van der Waals surface area contributed by atoms with Crippen LogP contribution in [0.5, 0.6) is 5.88 Å². The van der Waals surface area contributed by atoms with E-state index in [2.05, 4.69) is 20.3 Å². The number of benzene rings is 3. The van der Waals surface area contributed by atoms with Gasteiger partial charge in [0.2, 0.25) is 11.8 Å². The second kappa shape index (κ2) is 12.0. The monoisotopic (exact) mass is 593 g/mol. The molecule has 5 aromatic rings. The summed E-state index contributed by atoms with van der Waals surface area (Å²) in [5.74, 6) is -0.787. The molecular weight excluding hydrogens is 570 g/mol. The molecule has 3 amide bonds. The Morgan fingerprint density at radius 1 is 0.841 bits per heavy atom. The maximum absolute atomic E-state index is 12.8. The molecule has 0 saturated heterocycles. The Morgan fingerprint density at radius 2 is 1.50 bits per heavy atom. The standard InChI is InChI=1S/C30H23N7O7/c38-27-22-8-4-5-9-23(22)28(39)36(27)15-14-35-18-31-24-25(35)32-29(33-26(24)43-16-19-6-2-1-3-7-19)34-30(40)44-17-20-10-12-21(13-11-20)37(41)42/h1-13,18H,14-17H2,(H,32,33,34,40). The van der Waals surface area contributed by atoms with Crippen molar-refractivity contribution in [1.29, 1.82) is 0 Å². The van der Waals surface area contributed by atoms with Gasteiger partial charge in [-0.05, 0) is 35.4 Å². The molecule has 0 spiro atoms. The second-order valence-corrected chi connectivity index (χ2v) is 9.67. The molecule has 1 aliphatic heterocycles. The minimum absolute atomic E-state index is 0.0576. The molecule has 3 aromatic carbocycles. The highest BCUT2D eigenvalue weighted by Gasteiger charge is 2.34. The highest BCUT2D eigenvalue weighted by molar-refractivity contribution is 6.21. The number of anilines is 1. The Balaban J connectivity index is 1.21. The van der Waals surface area contributed by atoms with E-state index in [0.29, 0.717) is 27.9 Å². The van der Waals surface area contributed by atoms with Crippen molar-refractivity contribution in [2.45, 2.75) is 19.8 Å². The SMILES string of the molecule is O=C(Nc1nc(OCc2ccccc2)c2ncn(CCN3C(=O)c4ccccc4C3=O)c2n1)OCc1ccc([N+](=O)[O-])cc1. The number of ether oxygens (including phenoxy) is 2. The zero-order chi connectivity index (χ0) is 30.6. The van der Waals surface area contributed by atoms with Crippen molar-refractivity contribution in [3.63, 3.8) is 0 Å². The summed E-state index contributed by atoms with van der Waals surface area (Å²) < 4.78 is 12.8. The number of aromatic nitrogens is 4. The summed E-state index contributed by atoms with van der Waals surface area (Å²) in [7, 11) is 0. The third-order valence-electron chi connectivity index (χ3n) is 6.82. The zero-order valence-corrected chi connectivity index (χ0v) is 23.0. The van der Waals surface area contributed by atoms with Crippen LogP contribution in [-0.4, -0.2) is 53.8 Å². The van der Waals surface area contributed by atoms with Crippen LogP contribution >= 0.6 is 0 Å². The number of rotatable bonds is 10. The average Bonchev–Trinajstić information content (AvgIpc) is 3.56. The number of nitrogens with one attached hydrogen (secondary N) is 1. The molecule has 0 radical (unpaired) electrons. The summed E-state index contributed by atoms with van der Waals surface area (Å²) in [6, 6.07) is 21.6. The first-order chi connectivity index (χ1) is 21.4. The zero-order valence-electron chi connectivity index (χ0n) is 23.0. The highest BCUT2D eigenvalue weighted by atomic mass is 16.6. The van der Waals surface area contributed by atoms with E-state index in [1.54, 1.807) is 28.8 Å². The Morgan fingerprint density at radius 3 is 2.18 bits per heavy atom. The van der Waals surface area contributed by atoms with Gasteiger partial charge in [0.25, 0.3) is 17.5 Å². The number of fused-ring (bicyclic) bond motifs is 2. The lowest BCUT2D eigenvalue weighted by molar-refractivity contribution is -0.384. The Hall–Kier alpha value is -6.18. The maximum Gasteiger partial charge on any atom is 0.414 e. The van der Waals surface area contributed by atoms with Crippen LogP contribution in [0.2, 0.25) is 0 Å². The van der Waals surface area contributed by atoms with Crippen molar-refractivity contribution in [2.75, 3.05) is 11.9 Å². The molecule has 220 valence electrons. The molecule has 0 saturated carbocycles. The summed E-state index contributed by atoms with van der Waals surface area (Å²) in [5, 5.41) is 13.3. The topological polar surface area (TPSA) is 172 Å². The van der Waals surface area contributed by atoms with Crippen LogP contribution in [0.1, 0.15) is 31.8 Å². The number of nitro groups is 1. The molecule has 0 bridgehead atoms. The van der Waals surface area contributed by atoms with Crippen molar-refractivity contribution in [3.8, 4) is 5.88 Å². The number of amides is 3. The van der Waals surface area contributed by atoms with E-state index in [1.807, 2.05) is 30.3 Å². The maximum atomic E-state index is 12.8. The van der Waals surface area contributed by atoms with E-state index in [9.17, 15) is 24.5 Å². The van der Waals surface area contributed by atoms with Crippen molar-refractivity contribution in [3.05, 3.63) is 118 Å². The van der Waals surface area contributed by atoms with Crippen LogP contribution in [-0.2, 0) is 24.5 Å². The van der Waals surface area contributed by atoms with Gasteiger partial charge in [-0.3, -0.25) is 29.9 Å². The number of imidazole rings is 1. The van der Waals surface area contributed by atoms with Crippen molar-refractivity contribution >= 4 is 40.7 Å². The smallest absolute Gasteiger partial charge is 0.414 e. The summed E-state index contributed by atoms with van der Waals surface area (Å²) in [5.41, 5.74) is 2.65. The molecule has 44 heavy (non-hydrogen) atoms. The molecule has 3 heterocycles. The average molecular weight is 594 g/mol. The van der Waals surface area contributed by atoms with Gasteiger partial charge in [0, 0.05) is 25.2 Å². The lowest BCUT2D eigenvalue weighted by atomic mass is 10.1. The van der Waals surface area contributed by atoms with Crippen LogP contribution in [0, 0.1) is 10.1 Å². The van der Waals surface area contributed by atoms with Crippen LogP contribution in [0.15, 0.2) is 85.2 Å². The number of carbonyl (C=O) groups excluding carboxylic acids is 3. The van der Waals surface area contributed by atoms with Gasteiger partial charge in [0.15, 0.2) is 11.2 Å². The predicted molar refractivity (Wildman–Crippen MR) is 155 cm³/mol. The molecule has 0 fully saturated rings. The molecular formula is C30H23N7O7. The molecule has 14 nitrogen and oxygen atoms in total. The molecule has 1 aliphatic rings. The molecule has 14 heteroatoms. The van der Waals surface area contributed by atoms with Crippen molar-refractivity contribution < 1.29 is 28.8 Å². The lowest BCUT2D eigenvalue weighted by Crippen LogP contribution is -2.32. The first-order valence-electron chi connectivity index (χ1n) is 13.4. The Labute approximate surface area is 249 Å². The van der Waals surface area contributed by atoms with Gasteiger partial charge in [-0.15, -0.1) is 0 Å². The van der Waals surface area contributed by atoms with E-state index in [4.69, 9.17) is 9.47 Å². The Bertz CT molecular complexity index is 1860. The van der Waals surface area contributed by atoms with Crippen molar-refractivity contribution in [1.82, 2.24) is 24.4 Å². The summed E-state index contributed by atoms with van der Waals surface area (Å²) >= 11 is 0. The van der Waals surface area contributed by atoms with E-state index < -0.39 is 11.0 Å². The van der Waals surface area contributed by atoms with Gasteiger partial charge in [0.05, 0.1) is 22.4 Å². The lowest BCUT2D eigenvalue weighted by Gasteiger charge is -2.14. The van der Waals surface area contributed by atoms with Crippen LogP contribution in [0.4, 0.5) is 16.4 Å². The summed E-state index contributed by atoms with van der Waals surface area (Å²) in [6.45, 7) is 0.240. The van der Waals surface area contributed by atoms with E-state index in [0.717, 1.165) is 5.56 Å². The molecule has 0 aliphatic carbocycles. The number of imide groups is 1. The Kier molecular flexibility index (Phi) is 7.61. The number of hydrogen-bond donors (Lipinski definition) is 1. The van der Waals surface area contributed by atoms with Gasteiger partial charge in [-0.2, -0.15) is 9.97 Å². The van der Waals surface area contributed by atoms with E-state index in [-0.39, 0.29) is 55.6 Å².